The van der Waals surface area contributed by atoms with Crippen LogP contribution in [0.15, 0.2) is 84.4 Å². The minimum Gasteiger partial charge on any atom is -0.497 e. The number of likely N-dealkylation sites (N-methyl/N-ethyl adjacent to an activating group) is 1. The minimum atomic E-state index is 0. The third-order valence-corrected chi connectivity index (χ3v) is 5.05. The molecule has 29 heavy (non-hydrogen) atoms. The molecule has 3 nitrogen and oxygen atoms in total. The molecule has 0 saturated carbocycles. The standard InChI is InChI=1S/C25H25NO2.ClH/c1-26(2)17-22-24(18-9-5-4-6-10-18)21-11-7-8-12-23(21)28-25(22)19-13-15-20(27-3)16-14-19;/h4-16,24H,17H2,1-3H3;1H. The van der Waals surface area contributed by atoms with E-state index in [2.05, 4.69) is 79.7 Å². The van der Waals surface area contributed by atoms with Crippen LogP contribution in [0.25, 0.3) is 5.76 Å². The van der Waals surface area contributed by atoms with Crippen LogP contribution in [0.3, 0.4) is 0 Å². The molecule has 1 heterocycles. The number of hydrogen-bond donors (Lipinski definition) is 0. The number of halogens is 1. The fraction of sp³-hybridized carbons (Fsp3) is 0.200. The van der Waals surface area contributed by atoms with Crippen molar-refractivity contribution in [1.82, 2.24) is 4.90 Å². The first kappa shape index (κ1) is 21.0. The Labute approximate surface area is 179 Å². The number of nitrogens with zero attached hydrogens (tertiary/aromatic N) is 1. The number of para-hydroxylation sites is 1. The summed E-state index contributed by atoms with van der Waals surface area (Å²) in [5, 5.41) is 0. The van der Waals surface area contributed by atoms with Crippen molar-refractivity contribution in [1.29, 1.82) is 0 Å². The van der Waals surface area contributed by atoms with Crippen LogP contribution in [0.2, 0.25) is 0 Å². The molecule has 3 aromatic rings. The average Bonchev–Trinajstić information content (AvgIpc) is 2.73. The third-order valence-electron chi connectivity index (χ3n) is 5.05. The van der Waals surface area contributed by atoms with E-state index in [1.54, 1.807) is 7.11 Å². The molecule has 0 saturated heterocycles. The summed E-state index contributed by atoms with van der Waals surface area (Å²) in [6.45, 7) is 0.815. The van der Waals surface area contributed by atoms with Crippen molar-refractivity contribution >= 4 is 18.2 Å². The first-order chi connectivity index (χ1) is 13.7. The number of ether oxygens (including phenoxy) is 2. The molecule has 150 valence electrons. The fourth-order valence-electron chi connectivity index (χ4n) is 3.82. The van der Waals surface area contributed by atoms with E-state index in [1.165, 1.54) is 16.7 Å². The van der Waals surface area contributed by atoms with Gasteiger partial charge >= 0.3 is 0 Å². The van der Waals surface area contributed by atoms with Gasteiger partial charge in [-0.1, -0.05) is 48.5 Å². The van der Waals surface area contributed by atoms with Crippen molar-refractivity contribution < 1.29 is 9.47 Å². The Morgan fingerprint density at radius 2 is 1.52 bits per heavy atom. The molecule has 4 rings (SSSR count). The predicted molar refractivity (Wildman–Crippen MR) is 121 cm³/mol. The average molecular weight is 408 g/mol. The molecule has 1 unspecified atom stereocenters. The number of fused-ring (bicyclic) bond motifs is 1. The summed E-state index contributed by atoms with van der Waals surface area (Å²) >= 11 is 0. The second-order valence-electron chi connectivity index (χ2n) is 7.30. The lowest BCUT2D eigenvalue weighted by Gasteiger charge is -2.33. The topological polar surface area (TPSA) is 21.7 Å². The van der Waals surface area contributed by atoms with Crippen LogP contribution in [0.5, 0.6) is 11.5 Å². The summed E-state index contributed by atoms with van der Waals surface area (Å²) < 4.78 is 11.8. The quantitative estimate of drug-likeness (QED) is 0.548. The summed E-state index contributed by atoms with van der Waals surface area (Å²) in [4.78, 5) is 2.20. The highest BCUT2D eigenvalue weighted by Gasteiger charge is 2.31. The number of methoxy groups -OCH3 is 1. The van der Waals surface area contributed by atoms with Crippen molar-refractivity contribution in [2.45, 2.75) is 5.92 Å². The second kappa shape index (κ2) is 9.17. The molecule has 3 aromatic carbocycles. The van der Waals surface area contributed by atoms with Crippen LogP contribution in [0, 0.1) is 0 Å². The Kier molecular flexibility index (Phi) is 6.63. The molecular weight excluding hydrogens is 382 g/mol. The zero-order valence-corrected chi connectivity index (χ0v) is 17.8. The van der Waals surface area contributed by atoms with Gasteiger partial charge in [-0.25, -0.2) is 0 Å². The van der Waals surface area contributed by atoms with E-state index in [1.807, 2.05) is 18.2 Å². The molecular formula is C25H26ClNO2. The SMILES string of the molecule is COc1ccc(C2=C(CN(C)C)C(c3ccccc3)c3ccccc3O2)cc1.Cl. The highest BCUT2D eigenvalue weighted by molar-refractivity contribution is 5.85. The van der Waals surface area contributed by atoms with Crippen LogP contribution < -0.4 is 9.47 Å². The van der Waals surface area contributed by atoms with Gasteiger partial charge < -0.3 is 14.4 Å². The van der Waals surface area contributed by atoms with E-state index in [4.69, 9.17) is 9.47 Å². The Balaban J connectivity index is 0.00000240. The summed E-state index contributed by atoms with van der Waals surface area (Å²) in [6.07, 6.45) is 0. The summed E-state index contributed by atoms with van der Waals surface area (Å²) in [5.41, 5.74) is 4.82. The summed E-state index contributed by atoms with van der Waals surface area (Å²) in [6, 6.07) is 27.1. The summed E-state index contributed by atoms with van der Waals surface area (Å²) in [7, 11) is 5.88. The Bertz CT molecular complexity index is 981. The van der Waals surface area contributed by atoms with E-state index in [-0.39, 0.29) is 18.3 Å². The lowest BCUT2D eigenvalue weighted by molar-refractivity contribution is 0.412. The highest BCUT2D eigenvalue weighted by atomic mass is 35.5. The predicted octanol–water partition coefficient (Wildman–Crippen LogP) is 5.61. The van der Waals surface area contributed by atoms with Crippen LogP contribution in [-0.2, 0) is 0 Å². The van der Waals surface area contributed by atoms with Crippen molar-refractivity contribution in [3.8, 4) is 11.5 Å². The molecule has 0 fully saturated rings. The van der Waals surface area contributed by atoms with Crippen molar-refractivity contribution in [3.05, 3.63) is 101 Å². The van der Waals surface area contributed by atoms with E-state index in [9.17, 15) is 0 Å². The lowest BCUT2D eigenvalue weighted by atomic mass is 9.81. The summed E-state index contributed by atoms with van der Waals surface area (Å²) in [5.74, 6) is 2.86. The van der Waals surface area contributed by atoms with Gasteiger partial charge in [-0.2, -0.15) is 0 Å². The zero-order valence-electron chi connectivity index (χ0n) is 17.0. The van der Waals surface area contributed by atoms with E-state index in [0.717, 1.165) is 29.4 Å². The van der Waals surface area contributed by atoms with Crippen LogP contribution in [-0.4, -0.2) is 32.6 Å². The first-order valence-corrected chi connectivity index (χ1v) is 9.51. The van der Waals surface area contributed by atoms with Gasteiger partial charge in [0.15, 0.2) is 0 Å². The van der Waals surface area contributed by atoms with E-state index < -0.39 is 0 Å². The molecule has 1 aliphatic heterocycles. The number of benzene rings is 3. The molecule has 0 radical (unpaired) electrons. The van der Waals surface area contributed by atoms with Gasteiger partial charge in [0.05, 0.1) is 7.11 Å². The Morgan fingerprint density at radius 1 is 0.862 bits per heavy atom. The van der Waals surface area contributed by atoms with E-state index in [0.29, 0.717) is 0 Å². The van der Waals surface area contributed by atoms with Gasteiger partial charge in [-0.3, -0.25) is 0 Å². The molecule has 0 N–H and O–H groups in total. The Hall–Kier alpha value is -2.75. The molecule has 0 bridgehead atoms. The molecule has 0 amide bonds. The van der Waals surface area contributed by atoms with Gasteiger partial charge in [0, 0.05) is 23.6 Å². The number of hydrogen-bond acceptors (Lipinski definition) is 3. The van der Waals surface area contributed by atoms with Gasteiger partial charge in [0.25, 0.3) is 0 Å². The number of rotatable bonds is 5. The van der Waals surface area contributed by atoms with Gasteiger partial charge in [0.1, 0.15) is 17.3 Å². The first-order valence-electron chi connectivity index (χ1n) is 9.51. The van der Waals surface area contributed by atoms with Crippen LogP contribution >= 0.6 is 12.4 Å². The molecule has 1 aliphatic rings. The van der Waals surface area contributed by atoms with Gasteiger partial charge in [-0.15, -0.1) is 12.4 Å². The third kappa shape index (κ3) is 4.31. The minimum absolute atomic E-state index is 0. The normalized spacial score (nSPS) is 15.4. The second-order valence-corrected chi connectivity index (χ2v) is 7.30. The van der Waals surface area contributed by atoms with Gasteiger partial charge in [0.2, 0.25) is 0 Å². The smallest absolute Gasteiger partial charge is 0.136 e. The maximum absolute atomic E-state index is 6.47. The zero-order chi connectivity index (χ0) is 19.5. The molecule has 0 aromatic heterocycles. The van der Waals surface area contributed by atoms with Crippen molar-refractivity contribution in [2.75, 3.05) is 27.7 Å². The molecule has 0 aliphatic carbocycles. The van der Waals surface area contributed by atoms with Crippen molar-refractivity contribution in [2.24, 2.45) is 0 Å². The molecule has 0 spiro atoms. The highest BCUT2D eigenvalue weighted by Crippen LogP contribution is 2.45. The van der Waals surface area contributed by atoms with Crippen LogP contribution in [0.1, 0.15) is 22.6 Å². The molecule has 4 heteroatoms. The fourth-order valence-corrected chi connectivity index (χ4v) is 3.82. The van der Waals surface area contributed by atoms with Gasteiger partial charge in [-0.05, 0) is 55.6 Å². The maximum Gasteiger partial charge on any atom is 0.136 e. The molecule has 1 atom stereocenters. The lowest BCUT2D eigenvalue weighted by Crippen LogP contribution is -2.25. The maximum atomic E-state index is 6.47. The van der Waals surface area contributed by atoms with Crippen LogP contribution in [0.4, 0.5) is 0 Å². The van der Waals surface area contributed by atoms with E-state index >= 15 is 0 Å². The Morgan fingerprint density at radius 3 is 2.17 bits per heavy atom. The largest absolute Gasteiger partial charge is 0.497 e. The monoisotopic (exact) mass is 407 g/mol. The van der Waals surface area contributed by atoms with Crippen molar-refractivity contribution in [3.63, 3.8) is 0 Å².